The van der Waals surface area contributed by atoms with Crippen LogP contribution in [0.15, 0.2) is 10.5 Å². The molecule has 3 nitrogen and oxygen atoms in total. The molecule has 0 fully saturated rings. The Kier molecular flexibility index (Phi) is 3.15. The summed E-state index contributed by atoms with van der Waals surface area (Å²) >= 11 is 0. The van der Waals surface area contributed by atoms with Gasteiger partial charge in [0.15, 0.2) is 0 Å². The summed E-state index contributed by atoms with van der Waals surface area (Å²) in [5, 5.41) is 3.49. The second kappa shape index (κ2) is 4.42. The van der Waals surface area contributed by atoms with Crippen LogP contribution in [-0.4, -0.2) is 17.6 Å². The average Bonchev–Trinajstić information content (AvgIpc) is 2.59. The Morgan fingerprint density at radius 2 is 2.19 bits per heavy atom. The molecule has 1 unspecified atom stereocenters. The van der Waals surface area contributed by atoms with E-state index in [0.29, 0.717) is 12.0 Å². The number of hydrogen-bond donors (Lipinski definition) is 1. The van der Waals surface area contributed by atoms with Crippen LogP contribution in [0.5, 0.6) is 0 Å². The van der Waals surface area contributed by atoms with Crippen LogP contribution >= 0.6 is 0 Å². The molecule has 3 heteroatoms. The van der Waals surface area contributed by atoms with Gasteiger partial charge in [-0.2, -0.15) is 0 Å². The van der Waals surface area contributed by atoms with Crippen molar-refractivity contribution >= 4 is 5.57 Å². The molecular weight excluding hydrogens is 200 g/mol. The van der Waals surface area contributed by atoms with Crippen molar-refractivity contribution in [3.8, 4) is 0 Å². The summed E-state index contributed by atoms with van der Waals surface area (Å²) in [7, 11) is 0. The maximum Gasteiger partial charge on any atom is 0.222 e. The molecule has 2 rings (SSSR count). The number of aryl methyl sites for hydroxylation is 2. The van der Waals surface area contributed by atoms with E-state index >= 15 is 0 Å². The van der Waals surface area contributed by atoms with E-state index in [-0.39, 0.29) is 0 Å². The Labute approximate surface area is 96.9 Å². The lowest BCUT2D eigenvalue weighted by Gasteiger charge is -2.24. The number of rotatable bonds is 2. The van der Waals surface area contributed by atoms with Gasteiger partial charge >= 0.3 is 0 Å². The van der Waals surface area contributed by atoms with E-state index in [2.05, 4.69) is 30.2 Å². The zero-order valence-corrected chi connectivity index (χ0v) is 10.5. The molecule has 1 aliphatic rings. The van der Waals surface area contributed by atoms with Gasteiger partial charge in [-0.15, -0.1) is 0 Å². The highest BCUT2D eigenvalue weighted by Crippen LogP contribution is 2.24. The first kappa shape index (κ1) is 11.4. The van der Waals surface area contributed by atoms with Gasteiger partial charge in [0.2, 0.25) is 5.89 Å². The number of nitrogens with one attached hydrogen (secondary N) is 1. The van der Waals surface area contributed by atoms with Crippen molar-refractivity contribution in [2.45, 2.75) is 40.2 Å². The molecule has 1 aromatic heterocycles. The SMILES string of the molecule is Cc1nc(C2=CC(C(C)C)NCC2)oc1C. The van der Waals surface area contributed by atoms with Gasteiger partial charge in [0.05, 0.1) is 5.69 Å². The summed E-state index contributed by atoms with van der Waals surface area (Å²) in [5.74, 6) is 2.34. The van der Waals surface area contributed by atoms with Gasteiger partial charge in [-0.3, -0.25) is 0 Å². The van der Waals surface area contributed by atoms with Crippen LogP contribution in [0.4, 0.5) is 0 Å². The minimum absolute atomic E-state index is 0.441. The Balaban J connectivity index is 2.26. The van der Waals surface area contributed by atoms with Crippen LogP contribution in [0.25, 0.3) is 5.57 Å². The predicted molar refractivity (Wildman–Crippen MR) is 65.2 cm³/mol. The van der Waals surface area contributed by atoms with Crippen molar-refractivity contribution in [2.75, 3.05) is 6.54 Å². The van der Waals surface area contributed by atoms with E-state index in [1.807, 2.05) is 13.8 Å². The monoisotopic (exact) mass is 220 g/mol. The molecule has 1 aromatic rings. The van der Waals surface area contributed by atoms with Crippen LogP contribution in [0, 0.1) is 19.8 Å². The normalized spacial score (nSPS) is 21.3. The summed E-state index contributed by atoms with van der Waals surface area (Å²) < 4.78 is 5.67. The summed E-state index contributed by atoms with van der Waals surface area (Å²) in [5.41, 5.74) is 2.24. The molecule has 0 aliphatic carbocycles. The van der Waals surface area contributed by atoms with Gasteiger partial charge in [-0.25, -0.2) is 4.98 Å². The number of nitrogens with zero attached hydrogens (tertiary/aromatic N) is 1. The quantitative estimate of drug-likeness (QED) is 0.832. The summed E-state index contributed by atoms with van der Waals surface area (Å²) in [4.78, 5) is 4.46. The van der Waals surface area contributed by atoms with Crippen LogP contribution in [0.3, 0.4) is 0 Å². The second-order valence-electron chi connectivity index (χ2n) is 4.83. The Hall–Kier alpha value is -1.09. The second-order valence-corrected chi connectivity index (χ2v) is 4.83. The van der Waals surface area contributed by atoms with Crippen molar-refractivity contribution in [3.63, 3.8) is 0 Å². The van der Waals surface area contributed by atoms with Crippen molar-refractivity contribution in [1.29, 1.82) is 0 Å². The predicted octanol–water partition coefficient (Wildman–Crippen LogP) is 2.69. The largest absolute Gasteiger partial charge is 0.442 e. The molecule has 0 saturated heterocycles. The molecule has 0 saturated carbocycles. The lowest BCUT2D eigenvalue weighted by molar-refractivity contribution is 0.450. The zero-order valence-electron chi connectivity index (χ0n) is 10.5. The first-order chi connectivity index (χ1) is 7.58. The van der Waals surface area contributed by atoms with Crippen LogP contribution in [-0.2, 0) is 0 Å². The van der Waals surface area contributed by atoms with Crippen molar-refractivity contribution in [2.24, 2.45) is 5.92 Å². The maximum absolute atomic E-state index is 5.67. The van der Waals surface area contributed by atoms with Gasteiger partial charge in [0.1, 0.15) is 5.76 Å². The number of oxazole rings is 1. The van der Waals surface area contributed by atoms with Crippen LogP contribution in [0.1, 0.15) is 37.6 Å². The van der Waals surface area contributed by atoms with Crippen molar-refractivity contribution in [3.05, 3.63) is 23.4 Å². The minimum Gasteiger partial charge on any atom is -0.442 e. The molecule has 88 valence electrons. The Morgan fingerprint density at radius 3 is 2.75 bits per heavy atom. The van der Waals surface area contributed by atoms with E-state index < -0.39 is 0 Å². The molecule has 0 spiro atoms. The molecule has 1 aliphatic heterocycles. The van der Waals surface area contributed by atoms with E-state index in [9.17, 15) is 0 Å². The lowest BCUT2D eigenvalue weighted by atomic mass is 9.96. The van der Waals surface area contributed by atoms with Gasteiger partial charge in [-0.05, 0) is 32.7 Å². The smallest absolute Gasteiger partial charge is 0.222 e. The fourth-order valence-electron chi connectivity index (χ4n) is 1.95. The van der Waals surface area contributed by atoms with Gasteiger partial charge in [-0.1, -0.05) is 19.9 Å². The fourth-order valence-corrected chi connectivity index (χ4v) is 1.95. The third-order valence-corrected chi connectivity index (χ3v) is 3.18. The van der Waals surface area contributed by atoms with Crippen LogP contribution < -0.4 is 5.32 Å². The van der Waals surface area contributed by atoms with Crippen molar-refractivity contribution < 1.29 is 4.42 Å². The zero-order chi connectivity index (χ0) is 11.7. The third kappa shape index (κ3) is 2.19. The highest BCUT2D eigenvalue weighted by atomic mass is 16.4. The Bertz CT molecular complexity index is 385. The maximum atomic E-state index is 5.67. The van der Waals surface area contributed by atoms with Gasteiger partial charge in [0, 0.05) is 11.6 Å². The fraction of sp³-hybridized carbons (Fsp3) is 0.615. The topological polar surface area (TPSA) is 38.1 Å². The first-order valence-electron chi connectivity index (χ1n) is 5.96. The van der Waals surface area contributed by atoms with Crippen molar-refractivity contribution in [1.82, 2.24) is 10.3 Å². The minimum atomic E-state index is 0.441. The summed E-state index contributed by atoms with van der Waals surface area (Å²) in [6.45, 7) is 9.42. The molecule has 0 amide bonds. The highest BCUT2D eigenvalue weighted by molar-refractivity contribution is 5.60. The molecule has 2 heterocycles. The molecule has 0 radical (unpaired) electrons. The lowest BCUT2D eigenvalue weighted by Crippen LogP contribution is -2.36. The van der Waals surface area contributed by atoms with E-state index in [1.54, 1.807) is 0 Å². The molecular formula is C13H20N2O. The molecule has 16 heavy (non-hydrogen) atoms. The van der Waals surface area contributed by atoms with E-state index in [4.69, 9.17) is 4.42 Å². The molecule has 0 bridgehead atoms. The molecule has 1 N–H and O–H groups in total. The summed E-state index contributed by atoms with van der Waals surface area (Å²) in [6.07, 6.45) is 3.27. The highest BCUT2D eigenvalue weighted by Gasteiger charge is 2.19. The Morgan fingerprint density at radius 1 is 1.44 bits per heavy atom. The molecule has 0 aromatic carbocycles. The standard InChI is InChI=1S/C13H20N2O/c1-8(2)12-7-11(5-6-14-12)13-15-9(3)10(4)16-13/h7-8,12,14H,5-6H2,1-4H3. The van der Waals surface area contributed by atoms with E-state index in [0.717, 1.165) is 30.3 Å². The van der Waals surface area contributed by atoms with Crippen LogP contribution in [0.2, 0.25) is 0 Å². The molecule has 1 atom stereocenters. The van der Waals surface area contributed by atoms with Gasteiger partial charge in [0.25, 0.3) is 0 Å². The first-order valence-corrected chi connectivity index (χ1v) is 5.96. The van der Waals surface area contributed by atoms with E-state index in [1.165, 1.54) is 5.57 Å². The number of aromatic nitrogens is 1. The summed E-state index contributed by atoms with van der Waals surface area (Å²) in [6, 6.07) is 0.441. The average molecular weight is 220 g/mol. The number of hydrogen-bond acceptors (Lipinski definition) is 3. The van der Waals surface area contributed by atoms with Gasteiger partial charge < -0.3 is 9.73 Å². The third-order valence-electron chi connectivity index (χ3n) is 3.18.